The summed E-state index contributed by atoms with van der Waals surface area (Å²) in [4.78, 5) is 0. The van der Waals surface area contributed by atoms with Crippen LogP contribution < -0.4 is 10.1 Å². The maximum absolute atomic E-state index is 13.1. The summed E-state index contributed by atoms with van der Waals surface area (Å²) in [7, 11) is 0. The predicted molar refractivity (Wildman–Crippen MR) is 74.4 cm³/mol. The van der Waals surface area contributed by atoms with Crippen molar-refractivity contribution in [2.24, 2.45) is 0 Å². The molecule has 2 nitrogen and oxygen atoms in total. The van der Waals surface area contributed by atoms with Gasteiger partial charge >= 0.3 is 0 Å². The van der Waals surface area contributed by atoms with Crippen molar-refractivity contribution in [3.05, 3.63) is 58.4 Å². The molecule has 0 fully saturated rings. The van der Waals surface area contributed by atoms with Gasteiger partial charge in [0, 0.05) is 5.56 Å². The highest BCUT2D eigenvalue weighted by atomic mass is 35.5. The summed E-state index contributed by atoms with van der Waals surface area (Å²) >= 11 is 6.07. The molecule has 0 amide bonds. The number of ether oxygens (including phenoxy) is 1. The number of aryl methyl sites for hydroxylation is 1. The first-order valence-corrected chi connectivity index (χ1v) is 6.47. The Morgan fingerprint density at radius 1 is 1.26 bits per heavy atom. The fourth-order valence-electron chi connectivity index (χ4n) is 2.21. The van der Waals surface area contributed by atoms with Crippen LogP contribution in [0.2, 0.25) is 5.02 Å². The molecule has 1 atom stereocenters. The Kier molecular flexibility index (Phi) is 3.07. The minimum absolute atomic E-state index is 0.206. The van der Waals surface area contributed by atoms with E-state index in [1.54, 1.807) is 6.07 Å². The SMILES string of the molecule is Cc1ccc2c(c1)OC(c1ccc(F)cc1Cl)CN2. The van der Waals surface area contributed by atoms with Gasteiger partial charge in [0.1, 0.15) is 17.7 Å². The van der Waals surface area contributed by atoms with E-state index in [1.807, 2.05) is 25.1 Å². The molecule has 0 saturated heterocycles. The number of anilines is 1. The highest BCUT2D eigenvalue weighted by molar-refractivity contribution is 6.31. The van der Waals surface area contributed by atoms with E-state index in [9.17, 15) is 4.39 Å². The van der Waals surface area contributed by atoms with E-state index >= 15 is 0 Å². The van der Waals surface area contributed by atoms with E-state index in [2.05, 4.69) is 5.32 Å². The number of fused-ring (bicyclic) bond motifs is 1. The molecule has 0 aliphatic carbocycles. The topological polar surface area (TPSA) is 21.3 Å². The average Bonchev–Trinajstić information content (AvgIpc) is 2.38. The molecule has 0 spiro atoms. The molecule has 3 rings (SSSR count). The van der Waals surface area contributed by atoms with Crippen molar-refractivity contribution < 1.29 is 9.13 Å². The maximum Gasteiger partial charge on any atom is 0.143 e. The van der Waals surface area contributed by atoms with Crippen molar-refractivity contribution in [2.75, 3.05) is 11.9 Å². The Balaban J connectivity index is 1.93. The summed E-state index contributed by atoms with van der Waals surface area (Å²) in [5, 5.41) is 3.69. The summed E-state index contributed by atoms with van der Waals surface area (Å²) in [5.41, 5.74) is 2.90. The van der Waals surface area contributed by atoms with Crippen LogP contribution in [0.1, 0.15) is 17.2 Å². The van der Waals surface area contributed by atoms with Crippen LogP contribution in [0.5, 0.6) is 5.75 Å². The average molecular weight is 278 g/mol. The Bertz CT molecular complexity index is 630. The standard InChI is InChI=1S/C15H13ClFNO/c1-9-2-5-13-14(6-9)19-15(8-18-13)11-4-3-10(17)7-12(11)16/h2-7,15,18H,8H2,1H3. The minimum atomic E-state index is -0.339. The Hall–Kier alpha value is -1.74. The Morgan fingerprint density at radius 2 is 2.11 bits per heavy atom. The molecule has 98 valence electrons. The normalized spacial score (nSPS) is 17.3. The quantitative estimate of drug-likeness (QED) is 0.837. The highest BCUT2D eigenvalue weighted by Crippen LogP contribution is 2.36. The van der Waals surface area contributed by atoms with E-state index in [1.165, 1.54) is 12.1 Å². The van der Waals surface area contributed by atoms with Crippen molar-refractivity contribution in [3.8, 4) is 5.75 Å². The monoisotopic (exact) mass is 277 g/mol. The van der Waals surface area contributed by atoms with Crippen molar-refractivity contribution in [1.29, 1.82) is 0 Å². The zero-order chi connectivity index (χ0) is 13.4. The van der Waals surface area contributed by atoms with Crippen LogP contribution in [0.3, 0.4) is 0 Å². The van der Waals surface area contributed by atoms with E-state index < -0.39 is 0 Å². The van der Waals surface area contributed by atoms with Gasteiger partial charge < -0.3 is 10.1 Å². The number of nitrogens with one attached hydrogen (secondary N) is 1. The van der Waals surface area contributed by atoms with Gasteiger partial charge in [0.2, 0.25) is 0 Å². The minimum Gasteiger partial charge on any atom is -0.482 e. The van der Waals surface area contributed by atoms with Gasteiger partial charge in [-0.15, -0.1) is 0 Å². The summed E-state index contributed by atoms with van der Waals surface area (Å²) in [6.07, 6.45) is -0.206. The lowest BCUT2D eigenvalue weighted by molar-refractivity contribution is 0.210. The summed E-state index contributed by atoms with van der Waals surface area (Å²) < 4.78 is 19.0. The predicted octanol–water partition coefficient (Wildman–Crippen LogP) is 4.33. The van der Waals surface area contributed by atoms with Gasteiger partial charge in [0.05, 0.1) is 17.3 Å². The van der Waals surface area contributed by atoms with Crippen LogP contribution in [-0.2, 0) is 0 Å². The molecule has 0 aromatic heterocycles. The van der Waals surface area contributed by atoms with Gasteiger partial charge in [-0.3, -0.25) is 0 Å². The number of halogens is 2. The number of hydrogen-bond donors (Lipinski definition) is 1. The van der Waals surface area contributed by atoms with Gasteiger partial charge in [0.25, 0.3) is 0 Å². The molecule has 1 N–H and O–H groups in total. The highest BCUT2D eigenvalue weighted by Gasteiger charge is 2.23. The molecule has 2 aromatic carbocycles. The van der Waals surface area contributed by atoms with E-state index in [0.29, 0.717) is 11.6 Å². The first-order chi connectivity index (χ1) is 9.13. The molecule has 1 aliphatic rings. The molecule has 1 aliphatic heterocycles. The van der Waals surface area contributed by atoms with Gasteiger partial charge in [-0.2, -0.15) is 0 Å². The zero-order valence-corrected chi connectivity index (χ0v) is 11.2. The first kappa shape index (κ1) is 12.3. The van der Waals surface area contributed by atoms with E-state index in [0.717, 1.165) is 22.6 Å². The third kappa shape index (κ3) is 2.38. The summed E-state index contributed by atoms with van der Waals surface area (Å²) in [6, 6.07) is 10.4. The molecule has 0 bridgehead atoms. The maximum atomic E-state index is 13.1. The molecular weight excluding hydrogens is 265 g/mol. The molecule has 1 unspecified atom stereocenters. The lowest BCUT2D eigenvalue weighted by atomic mass is 10.1. The van der Waals surface area contributed by atoms with Gasteiger partial charge in [0.15, 0.2) is 0 Å². The van der Waals surface area contributed by atoms with Gasteiger partial charge in [-0.1, -0.05) is 23.7 Å². The van der Waals surface area contributed by atoms with E-state index in [-0.39, 0.29) is 11.9 Å². The van der Waals surface area contributed by atoms with Crippen LogP contribution in [0.15, 0.2) is 36.4 Å². The Labute approximate surface area is 116 Å². The molecule has 19 heavy (non-hydrogen) atoms. The number of benzene rings is 2. The second kappa shape index (κ2) is 4.74. The molecule has 1 heterocycles. The second-order valence-electron chi connectivity index (χ2n) is 4.65. The summed E-state index contributed by atoms with van der Waals surface area (Å²) in [5.74, 6) is 0.463. The number of hydrogen-bond acceptors (Lipinski definition) is 2. The van der Waals surface area contributed by atoms with Crippen LogP contribution in [0.4, 0.5) is 10.1 Å². The van der Waals surface area contributed by atoms with Crippen molar-refractivity contribution >= 4 is 17.3 Å². The fourth-order valence-corrected chi connectivity index (χ4v) is 2.50. The second-order valence-corrected chi connectivity index (χ2v) is 5.06. The first-order valence-electron chi connectivity index (χ1n) is 6.09. The lowest BCUT2D eigenvalue weighted by Gasteiger charge is -2.28. The smallest absolute Gasteiger partial charge is 0.143 e. The summed E-state index contributed by atoms with van der Waals surface area (Å²) in [6.45, 7) is 2.62. The molecule has 2 aromatic rings. The van der Waals surface area contributed by atoms with Crippen LogP contribution in [0, 0.1) is 12.7 Å². The van der Waals surface area contributed by atoms with Crippen molar-refractivity contribution in [2.45, 2.75) is 13.0 Å². The third-order valence-corrected chi connectivity index (χ3v) is 3.52. The number of rotatable bonds is 1. The largest absolute Gasteiger partial charge is 0.482 e. The van der Waals surface area contributed by atoms with Crippen LogP contribution in [-0.4, -0.2) is 6.54 Å². The van der Waals surface area contributed by atoms with Crippen molar-refractivity contribution in [1.82, 2.24) is 0 Å². The van der Waals surface area contributed by atoms with E-state index in [4.69, 9.17) is 16.3 Å². The third-order valence-electron chi connectivity index (χ3n) is 3.19. The molecule has 0 saturated carbocycles. The molecule has 0 radical (unpaired) electrons. The molecular formula is C15H13ClFNO. The zero-order valence-electron chi connectivity index (χ0n) is 10.4. The van der Waals surface area contributed by atoms with Crippen molar-refractivity contribution in [3.63, 3.8) is 0 Å². The lowest BCUT2D eigenvalue weighted by Crippen LogP contribution is -2.23. The van der Waals surface area contributed by atoms with Gasteiger partial charge in [-0.05, 0) is 36.8 Å². The van der Waals surface area contributed by atoms with Crippen LogP contribution >= 0.6 is 11.6 Å². The van der Waals surface area contributed by atoms with Crippen LogP contribution in [0.25, 0.3) is 0 Å². The molecule has 4 heteroatoms. The van der Waals surface area contributed by atoms with Gasteiger partial charge in [-0.25, -0.2) is 4.39 Å². The Morgan fingerprint density at radius 3 is 2.89 bits per heavy atom. The fraction of sp³-hybridized carbons (Fsp3) is 0.200.